The van der Waals surface area contributed by atoms with Crippen molar-refractivity contribution in [3.05, 3.63) is 29.8 Å². The summed E-state index contributed by atoms with van der Waals surface area (Å²) in [5.41, 5.74) is 2.05. The molecule has 1 aromatic rings. The van der Waals surface area contributed by atoms with Crippen LogP contribution in [-0.4, -0.2) is 30.0 Å². The molecule has 0 bridgehead atoms. The van der Waals surface area contributed by atoms with Crippen LogP contribution in [0.15, 0.2) is 24.3 Å². The third kappa shape index (κ3) is 3.35. The van der Waals surface area contributed by atoms with Gasteiger partial charge in [-0.3, -0.25) is 4.79 Å². The molecule has 0 unspecified atom stereocenters. The number of anilines is 1. The quantitative estimate of drug-likeness (QED) is 0.830. The Balaban J connectivity index is 2.30. The predicted octanol–water partition coefficient (Wildman–Crippen LogP) is 2.86. The van der Waals surface area contributed by atoms with Crippen LogP contribution in [0.5, 0.6) is 0 Å². The summed E-state index contributed by atoms with van der Waals surface area (Å²) in [7, 11) is 0. The minimum atomic E-state index is 0.0635. The topological polar surface area (TPSA) is 32.3 Å². The van der Waals surface area contributed by atoms with Crippen LogP contribution < -0.4 is 10.2 Å². The SMILES string of the molecule is CC(=O)c1cccc(N2CC(C)(C)NC(C)(C)C2)c1. The molecule has 0 aliphatic carbocycles. The van der Waals surface area contributed by atoms with Gasteiger partial charge in [0, 0.05) is 35.4 Å². The molecule has 3 heteroatoms. The molecule has 0 amide bonds. The lowest BCUT2D eigenvalue weighted by Gasteiger charge is -2.49. The first kappa shape index (κ1) is 14.1. The molecule has 1 aliphatic heterocycles. The second-order valence-electron chi connectivity index (χ2n) is 6.86. The van der Waals surface area contributed by atoms with E-state index in [1.807, 2.05) is 18.2 Å². The molecule has 0 saturated carbocycles. The third-order valence-electron chi connectivity index (χ3n) is 3.47. The van der Waals surface area contributed by atoms with Gasteiger partial charge >= 0.3 is 0 Å². The van der Waals surface area contributed by atoms with Gasteiger partial charge < -0.3 is 10.2 Å². The van der Waals surface area contributed by atoms with Crippen LogP contribution in [0.4, 0.5) is 5.69 Å². The minimum absolute atomic E-state index is 0.0635. The molecule has 1 heterocycles. The first-order chi connectivity index (χ1) is 8.69. The standard InChI is InChI=1S/C16H24N2O/c1-12(19)13-7-6-8-14(9-13)18-10-15(2,3)17-16(4,5)11-18/h6-9,17H,10-11H2,1-5H3. The van der Waals surface area contributed by atoms with Crippen molar-refractivity contribution in [3.63, 3.8) is 0 Å². The van der Waals surface area contributed by atoms with Gasteiger partial charge in [0.2, 0.25) is 0 Å². The van der Waals surface area contributed by atoms with Gasteiger partial charge in [-0.1, -0.05) is 12.1 Å². The molecule has 2 rings (SSSR count). The van der Waals surface area contributed by atoms with E-state index in [0.717, 1.165) is 24.3 Å². The molecular weight excluding hydrogens is 236 g/mol. The van der Waals surface area contributed by atoms with E-state index in [4.69, 9.17) is 0 Å². The molecule has 1 aliphatic rings. The van der Waals surface area contributed by atoms with Crippen LogP contribution in [0, 0.1) is 0 Å². The van der Waals surface area contributed by atoms with Gasteiger partial charge in [0.25, 0.3) is 0 Å². The molecule has 19 heavy (non-hydrogen) atoms. The van der Waals surface area contributed by atoms with Crippen LogP contribution in [0.1, 0.15) is 45.0 Å². The van der Waals surface area contributed by atoms with Crippen molar-refractivity contribution in [2.24, 2.45) is 0 Å². The number of ketones is 1. The van der Waals surface area contributed by atoms with Crippen molar-refractivity contribution in [3.8, 4) is 0 Å². The largest absolute Gasteiger partial charge is 0.368 e. The fourth-order valence-corrected chi connectivity index (χ4v) is 3.11. The van der Waals surface area contributed by atoms with E-state index in [0.29, 0.717) is 0 Å². The highest BCUT2D eigenvalue weighted by Crippen LogP contribution is 2.26. The lowest BCUT2D eigenvalue weighted by atomic mass is 9.91. The van der Waals surface area contributed by atoms with Crippen molar-refractivity contribution in [1.29, 1.82) is 0 Å². The van der Waals surface area contributed by atoms with E-state index >= 15 is 0 Å². The maximum Gasteiger partial charge on any atom is 0.159 e. The van der Waals surface area contributed by atoms with E-state index in [1.165, 1.54) is 0 Å². The summed E-state index contributed by atoms with van der Waals surface area (Å²) in [6.07, 6.45) is 0. The Morgan fingerprint density at radius 3 is 2.26 bits per heavy atom. The van der Waals surface area contributed by atoms with Gasteiger partial charge in [0.05, 0.1) is 0 Å². The van der Waals surface area contributed by atoms with Crippen LogP contribution >= 0.6 is 0 Å². The number of carbonyl (C=O) groups is 1. The summed E-state index contributed by atoms with van der Waals surface area (Å²) in [5.74, 6) is 0.121. The van der Waals surface area contributed by atoms with Crippen molar-refractivity contribution >= 4 is 11.5 Å². The van der Waals surface area contributed by atoms with Gasteiger partial charge in [0.1, 0.15) is 0 Å². The van der Waals surface area contributed by atoms with E-state index in [1.54, 1.807) is 6.92 Å². The number of nitrogens with zero attached hydrogens (tertiary/aromatic N) is 1. The fourth-order valence-electron chi connectivity index (χ4n) is 3.11. The molecule has 1 aromatic carbocycles. The molecule has 1 saturated heterocycles. The van der Waals surface area contributed by atoms with Crippen LogP contribution in [0.3, 0.4) is 0 Å². The van der Waals surface area contributed by atoms with Crippen LogP contribution in [0.2, 0.25) is 0 Å². The Morgan fingerprint density at radius 1 is 1.16 bits per heavy atom. The first-order valence-corrected chi connectivity index (χ1v) is 6.84. The van der Waals surface area contributed by atoms with E-state index in [9.17, 15) is 4.79 Å². The molecular formula is C16H24N2O. The fraction of sp³-hybridized carbons (Fsp3) is 0.562. The Morgan fingerprint density at radius 2 is 1.74 bits per heavy atom. The lowest BCUT2D eigenvalue weighted by Crippen LogP contribution is -2.66. The summed E-state index contributed by atoms with van der Waals surface area (Å²) in [6.45, 7) is 12.4. The van der Waals surface area contributed by atoms with Gasteiger partial charge in [-0.2, -0.15) is 0 Å². The van der Waals surface area contributed by atoms with Crippen LogP contribution in [0.25, 0.3) is 0 Å². The number of rotatable bonds is 2. The lowest BCUT2D eigenvalue weighted by molar-refractivity contribution is 0.101. The van der Waals surface area contributed by atoms with Gasteiger partial charge in [-0.05, 0) is 46.8 Å². The first-order valence-electron chi connectivity index (χ1n) is 6.84. The second-order valence-corrected chi connectivity index (χ2v) is 6.86. The zero-order valence-electron chi connectivity index (χ0n) is 12.6. The Kier molecular flexibility index (Phi) is 3.43. The van der Waals surface area contributed by atoms with E-state index in [2.05, 4.69) is 44.0 Å². The maximum atomic E-state index is 11.5. The third-order valence-corrected chi connectivity index (χ3v) is 3.47. The minimum Gasteiger partial charge on any atom is -0.368 e. The highest BCUT2D eigenvalue weighted by molar-refractivity contribution is 5.95. The molecule has 0 spiro atoms. The number of hydrogen-bond donors (Lipinski definition) is 1. The summed E-state index contributed by atoms with van der Waals surface area (Å²) < 4.78 is 0. The number of carbonyl (C=O) groups excluding carboxylic acids is 1. The molecule has 1 fully saturated rings. The van der Waals surface area contributed by atoms with Crippen molar-refractivity contribution in [1.82, 2.24) is 5.32 Å². The number of hydrogen-bond acceptors (Lipinski definition) is 3. The molecule has 0 aromatic heterocycles. The van der Waals surface area contributed by atoms with E-state index < -0.39 is 0 Å². The highest BCUT2D eigenvalue weighted by Gasteiger charge is 2.36. The van der Waals surface area contributed by atoms with Gasteiger partial charge in [-0.25, -0.2) is 0 Å². The zero-order valence-corrected chi connectivity index (χ0v) is 12.6. The zero-order chi connectivity index (χ0) is 14.3. The Labute approximate surface area is 116 Å². The molecule has 104 valence electrons. The van der Waals surface area contributed by atoms with Gasteiger partial charge in [0.15, 0.2) is 5.78 Å². The summed E-state index contributed by atoms with van der Waals surface area (Å²) >= 11 is 0. The number of piperazine rings is 1. The molecule has 3 nitrogen and oxygen atoms in total. The summed E-state index contributed by atoms with van der Waals surface area (Å²) in [6, 6.07) is 7.93. The molecule has 0 atom stereocenters. The monoisotopic (exact) mass is 260 g/mol. The number of benzene rings is 1. The predicted molar refractivity (Wildman–Crippen MR) is 80.0 cm³/mol. The molecule has 0 radical (unpaired) electrons. The van der Waals surface area contributed by atoms with Crippen molar-refractivity contribution < 1.29 is 4.79 Å². The summed E-state index contributed by atoms with van der Waals surface area (Å²) in [4.78, 5) is 13.9. The second kappa shape index (κ2) is 4.64. The average molecular weight is 260 g/mol. The van der Waals surface area contributed by atoms with E-state index in [-0.39, 0.29) is 16.9 Å². The highest BCUT2D eigenvalue weighted by atomic mass is 16.1. The molecule has 1 N–H and O–H groups in total. The Hall–Kier alpha value is -1.35. The van der Waals surface area contributed by atoms with Crippen molar-refractivity contribution in [2.75, 3.05) is 18.0 Å². The maximum absolute atomic E-state index is 11.5. The Bertz CT molecular complexity index is 475. The van der Waals surface area contributed by atoms with Gasteiger partial charge in [-0.15, -0.1) is 0 Å². The number of Topliss-reactive ketones (excluding diaryl/α,β-unsaturated/α-hetero) is 1. The van der Waals surface area contributed by atoms with Crippen molar-refractivity contribution in [2.45, 2.75) is 45.7 Å². The number of nitrogens with one attached hydrogen (secondary N) is 1. The van der Waals surface area contributed by atoms with Crippen LogP contribution in [-0.2, 0) is 0 Å². The average Bonchev–Trinajstić information content (AvgIpc) is 2.25. The summed E-state index contributed by atoms with van der Waals surface area (Å²) in [5, 5.41) is 3.66. The smallest absolute Gasteiger partial charge is 0.159 e. The normalized spacial score (nSPS) is 21.2.